The number of aliphatic hydroxyl groups is 1. The normalized spacial score (nSPS) is 21.7. The summed E-state index contributed by atoms with van der Waals surface area (Å²) >= 11 is 0. The van der Waals surface area contributed by atoms with Crippen molar-refractivity contribution in [2.24, 2.45) is 7.05 Å². The topological polar surface area (TPSA) is 70.8 Å². The van der Waals surface area contributed by atoms with E-state index in [0.29, 0.717) is 19.7 Å². The fraction of sp³-hybridized carbons (Fsp3) is 0.778. The summed E-state index contributed by atoms with van der Waals surface area (Å²) < 4.78 is 7.95. The molecule has 0 aromatic carbocycles. The Hall–Kier alpha value is -1.44. The van der Waals surface area contributed by atoms with Gasteiger partial charge in [0.1, 0.15) is 0 Å². The molecule has 1 aromatic rings. The van der Waals surface area contributed by atoms with E-state index in [9.17, 15) is 9.90 Å². The quantitative estimate of drug-likeness (QED) is 0.869. The van der Waals surface area contributed by atoms with Gasteiger partial charge in [0.2, 0.25) is 5.91 Å². The smallest absolute Gasteiger partial charge is 0.225 e. The van der Waals surface area contributed by atoms with E-state index in [1.54, 1.807) is 13.8 Å². The van der Waals surface area contributed by atoms with Gasteiger partial charge in [-0.15, -0.1) is 0 Å². The Morgan fingerprint density at radius 3 is 2.68 bits per heavy atom. The van der Waals surface area contributed by atoms with Gasteiger partial charge < -0.3 is 14.7 Å². The molecule has 2 fully saturated rings. The van der Waals surface area contributed by atoms with Crippen LogP contribution in [0.1, 0.15) is 38.8 Å². The van der Waals surface area contributed by atoms with E-state index < -0.39 is 5.60 Å². The van der Waals surface area contributed by atoms with Crippen molar-refractivity contribution in [3.8, 4) is 0 Å². The molecule has 3 heterocycles. The highest BCUT2D eigenvalue weighted by atomic mass is 16.5. The van der Waals surface area contributed by atoms with Crippen molar-refractivity contribution in [1.29, 1.82) is 0 Å². The van der Waals surface area contributed by atoms with Crippen molar-refractivity contribution < 1.29 is 14.6 Å². The Kier molecular flexibility index (Phi) is 5.18. The number of aromatic nitrogens is 2. The summed E-state index contributed by atoms with van der Waals surface area (Å²) in [6.07, 6.45) is 3.98. The van der Waals surface area contributed by atoms with E-state index in [-0.39, 0.29) is 17.9 Å². The van der Waals surface area contributed by atoms with Gasteiger partial charge in [0.05, 0.1) is 29.9 Å². The Bertz CT molecular complexity index is 600. The third-order valence-electron chi connectivity index (χ3n) is 5.11. The maximum absolute atomic E-state index is 12.4. The van der Waals surface area contributed by atoms with Gasteiger partial charge in [0.25, 0.3) is 0 Å². The van der Waals surface area contributed by atoms with Crippen molar-refractivity contribution in [3.63, 3.8) is 0 Å². The maximum atomic E-state index is 12.4. The van der Waals surface area contributed by atoms with Crippen LogP contribution in [0.3, 0.4) is 0 Å². The first-order valence-electron chi connectivity index (χ1n) is 9.10. The summed E-state index contributed by atoms with van der Waals surface area (Å²) in [4.78, 5) is 16.7. The molecule has 2 saturated heterocycles. The number of rotatable bonds is 4. The molecule has 2 aliphatic heterocycles. The van der Waals surface area contributed by atoms with Crippen molar-refractivity contribution in [3.05, 3.63) is 18.0 Å². The molecule has 1 amide bonds. The fourth-order valence-corrected chi connectivity index (χ4v) is 3.74. The van der Waals surface area contributed by atoms with Crippen LogP contribution in [-0.2, 0) is 23.1 Å². The van der Waals surface area contributed by atoms with Gasteiger partial charge in [-0.1, -0.05) is 0 Å². The lowest BCUT2D eigenvalue weighted by molar-refractivity contribution is -0.162. The molecule has 7 nitrogen and oxygen atoms in total. The molecular weight excluding hydrogens is 320 g/mol. The minimum atomic E-state index is -0.964. The maximum Gasteiger partial charge on any atom is 0.225 e. The molecule has 1 N–H and O–H groups in total. The van der Waals surface area contributed by atoms with E-state index >= 15 is 0 Å². The van der Waals surface area contributed by atoms with Crippen LogP contribution >= 0.6 is 0 Å². The van der Waals surface area contributed by atoms with E-state index in [0.717, 1.165) is 38.2 Å². The lowest BCUT2D eigenvalue weighted by Crippen LogP contribution is -2.58. The number of hydrogen-bond donors (Lipinski definition) is 1. The second kappa shape index (κ2) is 7.05. The summed E-state index contributed by atoms with van der Waals surface area (Å²) in [7, 11) is 1.93. The molecule has 1 spiro atoms. The molecule has 0 bridgehead atoms. The number of ether oxygens (including phenoxy) is 1. The van der Waals surface area contributed by atoms with E-state index in [2.05, 4.69) is 16.1 Å². The molecule has 25 heavy (non-hydrogen) atoms. The highest BCUT2D eigenvalue weighted by Crippen LogP contribution is 2.31. The third-order valence-corrected chi connectivity index (χ3v) is 5.11. The van der Waals surface area contributed by atoms with Crippen LogP contribution in [0.4, 0.5) is 0 Å². The Labute approximate surface area is 149 Å². The SMILES string of the molecule is Cn1ccc(CN2CCC3(CC2)CN(C(=O)CC(C)(C)O)CCO3)n1. The zero-order valence-electron chi connectivity index (χ0n) is 15.6. The van der Waals surface area contributed by atoms with Gasteiger partial charge in [0.15, 0.2) is 0 Å². The summed E-state index contributed by atoms with van der Waals surface area (Å²) in [5, 5.41) is 14.3. The third kappa shape index (κ3) is 4.80. The molecular formula is C18H30N4O3. The van der Waals surface area contributed by atoms with Gasteiger partial charge >= 0.3 is 0 Å². The summed E-state index contributed by atoms with van der Waals surface area (Å²) in [5.41, 5.74) is -0.104. The van der Waals surface area contributed by atoms with Crippen LogP contribution in [0.25, 0.3) is 0 Å². The Morgan fingerprint density at radius 2 is 2.08 bits per heavy atom. The zero-order chi connectivity index (χ0) is 18.1. The number of carbonyl (C=O) groups excluding carboxylic acids is 1. The first-order chi connectivity index (χ1) is 11.7. The molecule has 140 valence electrons. The summed E-state index contributed by atoms with van der Waals surface area (Å²) in [6.45, 7) is 7.95. The van der Waals surface area contributed by atoms with Gasteiger partial charge in [-0.3, -0.25) is 14.4 Å². The van der Waals surface area contributed by atoms with Gasteiger partial charge in [-0.05, 0) is 32.8 Å². The van der Waals surface area contributed by atoms with Crippen molar-refractivity contribution >= 4 is 5.91 Å². The standard InChI is InChI=1S/C18H30N4O3/c1-17(2,24)12-16(23)22-10-11-25-18(14-22)5-8-21(9-6-18)13-15-4-7-20(3)19-15/h4,7,24H,5-6,8-14H2,1-3H3. The van der Waals surface area contributed by atoms with Crippen LogP contribution in [0.2, 0.25) is 0 Å². The summed E-state index contributed by atoms with van der Waals surface area (Å²) in [6, 6.07) is 2.05. The number of amides is 1. The molecule has 2 aliphatic rings. The van der Waals surface area contributed by atoms with Crippen molar-refractivity contribution in [2.75, 3.05) is 32.8 Å². The van der Waals surface area contributed by atoms with E-state index in [1.165, 1.54) is 0 Å². The zero-order valence-corrected chi connectivity index (χ0v) is 15.6. The van der Waals surface area contributed by atoms with Crippen LogP contribution in [0, 0.1) is 0 Å². The van der Waals surface area contributed by atoms with Crippen molar-refractivity contribution in [2.45, 2.75) is 50.9 Å². The first-order valence-corrected chi connectivity index (χ1v) is 9.10. The average molecular weight is 350 g/mol. The second-order valence-corrected chi connectivity index (χ2v) is 8.09. The average Bonchev–Trinajstić information content (AvgIpc) is 2.93. The molecule has 0 unspecified atom stereocenters. The largest absolute Gasteiger partial charge is 0.390 e. The van der Waals surface area contributed by atoms with Gasteiger partial charge in [-0.25, -0.2) is 0 Å². The minimum Gasteiger partial charge on any atom is -0.390 e. The predicted molar refractivity (Wildman–Crippen MR) is 93.9 cm³/mol. The second-order valence-electron chi connectivity index (χ2n) is 8.09. The summed E-state index contributed by atoms with van der Waals surface area (Å²) in [5.74, 6) is 0.0195. The van der Waals surface area contributed by atoms with Crippen LogP contribution < -0.4 is 0 Å². The Morgan fingerprint density at radius 1 is 1.36 bits per heavy atom. The predicted octanol–water partition coefficient (Wildman–Crippen LogP) is 0.775. The molecule has 7 heteroatoms. The fourth-order valence-electron chi connectivity index (χ4n) is 3.74. The van der Waals surface area contributed by atoms with E-state index in [4.69, 9.17) is 4.74 Å². The Balaban J connectivity index is 1.54. The molecule has 3 rings (SSSR count). The van der Waals surface area contributed by atoms with Gasteiger partial charge in [-0.2, -0.15) is 5.10 Å². The molecule has 0 aliphatic carbocycles. The van der Waals surface area contributed by atoms with Gasteiger partial charge in [0, 0.05) is 46.0 Å². The lowest BCUT2D eigenvalue weighted by atomic mass is 9.89. The monoisotopic (exact) mass is 350 g/mol. The first kappa shape index (κ1) is 18.4. The van der Waals surface area contributed by atoms with Crippen LogP contribution in [0.5, 0.6) is 0 Å². The lowest BCUT2D eigenvalue weighted by Gasteiger charge is -2.47. The number of carbonyl (C=O) groups is 1. The molecule has 1 aromatic heterocycles. The van der Waals surface area contributed by atoms with Crippen LogP contribution in [-0.4, -0.2) is 74.6 Å². The molecule has 0 radical (unpaired) electrons. The molecule has 0 atom stereocenters. The number of nitrogens with zero attached hydrogens (tertiary/aromatic N) is 4. The number of piperidine rings is 1. The van der Waals surface area contributed by atoms with Crippen LogP contribution in [0.15, 0.2) is 12.3 Å². The van der Waals surface area contributed by atoms with Crippen molar-refractivity contribution in [1.82, 2.24) is 19.6 Å². The molecule has 0 saturated carbocycles. The number of hydrogen-bond acceptors (Lipinski definition) is 5. The number of aryl methyl sites for hydroxylation is 1. The number of likely N-dealkylation sites (tertiary alicyclic amines) is 1. The minimum absolute atomic E-state index is 0.0195. The number of morpholine rings is 1. The highest BCUT2D eigenvalue weighted by Gasteiger charge is 2.41. The highest BCUT2D eigenvalue weighted by molar-refractivity contribution is 5.77. The van der Waals surface area contributed by atoms with E-state index in [1.807, 2.05) is 22.8 Å².